The summed E-state index contributed by atoms with van der Waals surface area (Å²) in [5.41, 5.74) is 0.983. The Morgan fingerprint density at radius 3 is 2.87 bits per heavy atom. The zero-order valence-corrected chi connectivity index (χ0v) is 14.3. The van der Waals surface area contributed by atoms with E-state index in [1.54, 1.807) is 11.3 Å². The standard InChI is InChI=1S/C16H22N4O2S/c1-11(2)17-14(21)9-20-6-3-12(4-7-20)15-18-19-16(22-15)13-5-8-23-10-13/h5,8,10-12H,3-4,6-7,9H2,1-2H3,(H,17,21). The Balaban J connectivity index is 1.52. The molecule has 3 heterocycles. The van der Waals surface area contributed by atoms with Crippen molar-refractivity contribution in [3.8, 4) is 11.5 Å². The van der Waals surface area contributed by atoms with Crippen LogP contribution in [0.3, 0.4) is 0 Å². The van der Waals surface area contributed by atoms with E-state index in [-0.39, 0.29) is 11.9 Å². The summed E-state index contributed by atoms with van der Waals surface area (Å²) in [5.74, 6) is 1.70. The highest BCUT2D eigenvalue weighted by molar-refractivity contribution is 7.08. The average Bonchev–Trinajstić information content (AvgIpc) is 3.18. The van der Waals surface area contributed by atoms with E-state index in [2.05, 4.69) is 20.4 Å². The van der Waals surface area contributed by atoms with Gasteiger partial charge in [0.25, 0.3) is 0 Å². The largest absolute Gasteiger partial charge is 0.420 e. The van der Waals surface area contributed by atoms with Gasteiger partial charge in [-0.25, -0.2) is 0 Å². The van der Waals surface area contributed by atoms with Crippen molar-refractivity contribution in [2.24, 2.45) is 0 Å². The van der Waals surface area contributed by atoms with Gasteiger partial charge in [-0.1, -0.05) is 0 Å². The highest BCUT2D eigenvalue weighted by Crippen LogP contribution is 2.29. The third-order valence-electron chi connectivity index (χ3n) is 3.96. The van der Waals surface area contributed by atoms with Crippen molar-refractivity contribution in [3.63, 3.8) is 0 Å². The van der Waals surface area contributed by atoms with Crippen LogP contribution in [-0.4, -0.2) is 46.7 Å². The molecule has 0 bridgehead atoms. The van der Waals surface area contributed by atoms with Gasteiger partial charge in [-0.3, -0.25) is 9.69 Å². The summed E-state index contributed by atoms with van der Waals surface area (Å²) >= 11 is 1.62. The summed E-state index contributed by atoms with van der Waals surface area (Å²) in [6, 6.07) is 2.17. The SMILES string of the molecule is CC(C)NC(=O)CN1CCC(c2nnc(-c3ccsc3)o2)CC1. The Hall–Kier alpha value is -1.73. The maximum atomic E-state index is 11.8. The van der Waals surface area contributed by atoms with E-state index in [4.69, 9.17) is 4.42 Å². The van der Waals surface area contributed by atoms with E-state index in [9.17, 15) is 4.79 Å². The topological polar surface area (TPSA) is 71.3 Å². The molecule has 1 N–H and O–H groups in total. The molecule has 6 nitrogen and oxygen atoms in total. The molecule has 1 aliphatic heterocycles. The number of aromatic nitrogens is 2. The second kappa shape index (κ2) is 7.23. The van der Waals surface area contributed by atoms with Crippen LogP contribution in [0.15, 0.2) is 21.2 Å². The van der Waals surface area contributed by atoms with Gasteiger partial charge in [0, 0.05) is 22.9 Å². The van der Waals surface area contributed by atoms with Gasteiger partial charge >= 0.3 is 0 Å². The van der Waals surface area contributed by atoms with Crippen molar-refractivity contribution >= 4 is 17.2 Å². The highest BCUT2D eigenvalue weighted by atomic mass is 32.1. The average molecular weight is 334 g/mol. The third kappa shape index (κ3) is 4.17. The minimum absolute atomic E-state index is 0.0935. The van der Waals surface area contributed by atoms with Crippen LogP contribution >= 0.6 is 11.3 Å². The number of amides is 1. The molecular weight excluding hydrogens is 312 g/mol. The Morgan fingerprint density at radius 2 is 2.22 bits per heavy atom. The number of carbonyl (C=O) groups excluding carboxylic acids is 1. The predicted octanol–water partition coefficient (Wildman–Crippen LogP) is 2.50. The molecule has 0 spiro atoms. The molecule has 0 saturated carbocycles. The number of thiophene rings is 1. The van der Waals surface area contributed by atoms with Gasteiger partial charge in [0.05, 0.1) is 6.54 Å². The van der Waals surface area contributed by atoms with Gasteiger partial charge in [-0.15, -0.1) is 10.2 Å². The number of likely N-dealkylation sites (tertiary alicyclic amines) is 1. The van der Waals surface area contributed by atoms with Crippen LogP contribution in [0.1, 0.15) is 38.5 Å². The maximum Gasteiger partial charge on any atom is 0.248 e. The lowest BCUT2D eigenvalue weighted by atomic mass is 9.97. The van der Waals surface area contributed by atoms with Gasteiger partial charge in [-0.2, -0.15) is 11.3 Å². The molecule has 0 radical (unpaired) electrons. The Morgan fingerprint density at radius 1 is 1.43 bits per heavy atom. The first-order chi connectivity index (χ1) is 11.1. The monoisotopic (exact) mass is 334 g/mol. The minimum Gasteiger partial charge on any atom is -0.420 e. The molecule has 1 fully saturated rings. The van der Waals surface area contributed by atoms with Gasteiger partial charge in [0.2, 0.25) is 17.7 Å². The number of hydrogen-bond donors (Lipinski definition) is 1. The molecule has 1 saturated heterocycles. The fourth-order valence-electron chi connectivity index (χ4n) is 2.81. The molecule has 2 aromatic heterocycles. The Bertz CT molecular complexity index is 630. The van der Waals surface area contributed by atoms with Crippen molar-refractivity contribution in [3.05, 3.63) is 22.7 Å². The summed E-state index contributed by atoms with van der Waals surface area (Å²) < 4.78 is 5.82. The van der Waals surface area contributed by atoms with Crippen molar-refractivity contribution in [2.45, 2.75) is 38.6 Å². The van der Waals surface area contributed by atoms with E-state index in [1.165, 1.54) is 0 Å². The number of nitrogens with zero attached hydrogens (tertiary/aromatic N) is 3. The lowest BCUT2D eigenvalue weighted by Crippen LogP contribution is -2.43. The molecule has 0 unspecified atom stereocenters. The number of piperidine rings is 1. The first-order valence-corrected chi connectivity index (χ1v) is 8.94. The van der Waals surface area contributed by atoms with E-state index in [1.807, 2.05) is 30.7 Å². The number of nitrogens with one attached hydrogen (secondary N) is 1. The second-order valence-electron chi connectivity index (χ2n) is 6.23. The van der Waals surface area contributed by atoms with E-state index >= 15 is 0 Å². The van der Waals surface area contributed by atoms with Crippen molar-refractivity contribution < 1.29 is 9.21 Å². The first-order valence-electron chi connectivity index (χ1n) is 7.99. The summed E-state index contributed by atoms with van der Waals surface area (Å²) in [6.45, 7) is 6.18. The minimum atomic E-state index is 0.0935. The van der Waals surface area contributed by atoms with Crippen LogP contribution in [-0.2, 0) is 4.79 Å². The zero-order valence-electron chi connectivity index (χ0n) is 13.5. The summed E-state index contributed by atoms with van der Waals surface area (Å²) in [7, 11) is 0. The second-order valence-corrected chi connectivity index (χ2v) is 7.01. The van der Waals surface area contributed by atoms with Crippen LogP contribution in [0, 0.1) is 0 Å². The molecule has 2 aromatic rings. The summed E-state index contributed by atoms with van der Waals surface area (Å²) in [4.78, 5) is 14.0. The maximum absolute atomic E-state index is 11.8. The number of rotatable bonds is 5. The summed E-state index contributed by atoms with van der Waals surface area (Å²) in [6.07, 6.45) is 1.89. The summed E-state index contributed by atoms with van der Waals surface area (Å²) in [5, 5.41) is 15.3. The Kier molecular flexibility index (Phi) is 5.07. The molecular formula is C16H22N4O2S. The van der Waals surface area contributed by atoms with Crippen LogP contribution in [0.25, 0.3) is 11.5 Å². The molecule has 0 aliphatic carbocycles. The lowest BCUT2D eigenvalue weighted by molar-refractivity contribution is -0.123. The molecule has 0 aromatic carbocycles. The molecule has 124 valence electrons. The number of hydrogen-bond acceptors (Lipinski definition) is 6. The third-order valence-corrected chi connectivity index (χ3v) is 4.65. The van der Waals surface area contributed by atoms with E-state index in [0.717, 1.165) is 37.4 Å². The molecule has 23 heavy (non-hydrogen) atoms. The lowest BCUT2D eigenvalue weighted by Gasteiger charge is -2.29. The zero-order chi connectivity index (χ0) is 16.2. The van der Waals surface area contributed by atoms with E-state index < -0.39 is 0 Å². The van der Waals surface area contributed by atoms with Gasteiger partial charge < -0.3 is 9.73 Å². The molecule has 3 rings (SSSR count). The van der Waals surface area contributed by atoms with Crippen molar-refractivity contribution in [1.82, 2.24) is 20.4 Å². The van der Waals surface area contributed by atoms with Gasteiger partial charge in [0.1, 0.15) is 0 Å². The Labute approximate surface area is 139 Å². The normalized spacial score (nSPS) is 16.8. The molecule has 1 amide bonds. The van der Waals surface area contributed by atoms with Crippen LogP contribution in [0.5, 0.6) is 0 Å². The van der Waals surface area contributed by atoms with Crippen LogP contribution in [0.2, 0.25) is 0 Å². The highest BCUT2D eigenvalue weighted by Gasteiger charge is 2.26. The van der Waals surface area contributed by atoms with E-state index in [0.29, 0.717) is 18.4 Å². The smallest absolute Gasteiger partial charge is 0.248 e. The molecule has 1 aliphatic rings. The van der Waals surface area contributed by atoms with Crippen molar-refractivity contribution in [1.29, 1.82) is 0 Å². The van der Waals surface area contributed by atoms with Gasteiger partial charge in [-0.05, 0) is 51.2 Å². The number of carbonyl (C=O) groups is 1. The van der Waals surface area contributed by atoms with Crippen molar-refractivity contribution in [2.75, 3.05) is 19.6 Å². The van der Waals surface area contributed by atoms with Crippen LogP contribution in [0.4, 0.5) is 0 Å². The van der Waals surface area contributed by atoms with Gasteiger partial charge in [0.15, 0.2) is 0 Å². The fraction of sp³-hybridized carbons (Fsp3) is 0.562. The quantitative estimate of drug-likeness (QED) is 0.909. The molecule has 0 atom stereocenters. The molecule has 7 heteroatoms. The fourth-order valence-corrected chi connectivity index (χ4v) is 3.44. The first kappa shape index (κ1) is 16.1. The predicted molar refractivity (Wildman–Crippen MR) is 89.3 cm³/mol. The van der Waals surface area contributed by atoms with Crippen LogP contribution < -0.4 is 5.32 Å².